The third-order valence-electron chi connectivity index (χ3n) is 5.30. The maximum absolute atomic E-state index is 13.6. The first-order valence-electron chi connectivity index (χ1n) is 11.0. The Morgan fingerprint density at radius 2 is 1.65 bits per heavy atom. The molecule has 0 atom stereocenters. The van der Waals surface area contributed by atoms with E-state index in [4.69, 9.17) is 24.2 Å². The SMILES string of the molecule is CC(C)(C)OC(=O)C1(S(=O)(=O)c2ccc(OCCOc3cccc(C#N)c3)cc2)CCOCC1. The van der Waals surface area contributed by atoms with E-state index < -0.39 is 26.2 Å². The first kappa shape index (κ1) is 25.5. The number of hydrogen-bond donors (Lipinski definition) is 0. The third-order valence-corrected chi connectivity index (χ3v) is 7.80. The molecule has 0 saturated carbocycles. The van der Waals surface area contributed by atoms with Gasteiger partial charge in [0.15, 0.2) is 14.6 Å². The van der Waals surface area contributed by atoms with Gasteiger partial charge in [-0.25, -0.2) is 8.42 Å². The van der Waals surface area contributed by atoms with Crippen LogP contribution in [-0.2, 0) is 24.1 Å². The van der Waals surface area contributed by atoms with Gasteiger partial charge in [0.2, 0.25) is 0 Å². The van der Waals surface area contributed by atoms with Crippen molar-refractivity contribution in [1.82, 2.24) is 0 Å². The molecule has 1 fully saturated rings. The molecule has 9 heteroatoms. The zero-order chi connectivity index (χ0) is 24.8. The van der Waals surface area contributed by atoms with E-state index in [1.807, 2.05) is 6.07 Å². The van der Waals surface area contributed by atoms with Crippen LogP contribution < -0.4 is 9.47 Å². The van der Waals surface area contributed by atoms with Gasteiger partial charge in [-0.3, -0.25) is 4.79 Å². The summed E-state index contributed by atoms with van der Waals surface area (Å²) in [7, 11) is -4.04. The number of ether oxygens (including phenoxy) is 4. The smallest absolute Gasteiger partial charge is 0.328 e. The van der Waals surface area contributed by atoms with Crippen molar-refractivity contribution in [2.24, 2.45) is 0 Å². The minimum absolute atomic E-state index is 0.0252. The fourth-order valence-electron chi connectivity index (χ4n) is 3.57. The lowest BCUT2D eigenvalue weighted by Crippen LogP contribution is -2.53. The Hall–Kier alpha value is -3.09. The van der Waals surface area contributed by atoms with Crippen molar-refractivity contribution in [3.8, 4) is 17.6 Å². The van der Waals surface area contributed by atoms with E-state index in [-0.39, 0.29) is 44.2 Å². The van der Waals surface area contributed by atoms with Crippen molar-refractivity contribution in [2.45, 2.75) is 48.9 Å². The van der Waals surface area contributed by atoms with Gasteiger partial charge in [-0.2, -0.15) is 5.26 Å². The molecule has 1 aliphatic heterocycles. The van der Waals surface area contributed by atoms with Crippen LogP contribution in [0.15, 0.2) is 53.4 Å². The molecule has 0 spiro atoms. The lowest BCUT2D eigenvalue weighted by Gasteiger charge is -2.36. The number of carbonyl (C=O) groups is 1. The first-order chi connectivity index (χ1) is 16.1. The van der Waals surface area contributed by atoms with Crippen LogP contribution in [0.3, 0.4) is 0 Å². The Balaban J connectivity index is 1.67. The van der Waals surface area contributed by atoms with Crippen LogP contribution in [0.25, 0.3) is 0 Å². The van der Waals surface area contributed by atoms with Gasteiger partial charge in [-0.15, -0.1) is 0 Å². The van der Waals surface area contributed by atoms with Gasteiger partial charge in [0.05, 0.1) is 16.5 Å². The average Bonchev–Trinajstić information content (AvgIpc) is 2.81. The highest BCUT2D eigenvalue weighted by Crippen LogP contribution is 2.37. The van der Waals surface area contributed by atoms with Crippen LogP contribution in [0.1, 0.15) is 39.2 Å². The minimum Gasteiger partial charge on any atom is -0.490 e. The molecule has 8 nitrogen and oxygen atoms in total. The fourth-order valence-corrected chi connectivity index (χ4v) is 5.48. The Morgan fingerprint density at radius 1 is 1.03 bits per heavy atom. The molecular weight excluding hydrogens is 458 g/mol. The second kappa shape index (κ2) is 10.5. The predicted molar refractivity (Wildman–Crippen MR) is 124 cm³/mol. The number of nitriles is 1. The monoisotopic (exact) mass is 487 g/mol. The first-order valence-corrected chi connectivity index (χ1v) is 12.5. The van der Waals surface area contributed by atoms with Crippen molar-refractivity contribution in [1.29, 1.82) is 5.26 Å². The zero-order valence-corrected chi connectivity index (χ0v) is 20.4. The number of sulfone groups is 1. The summed E-state index contributed by atoms with van der Waals surface area (Å²) in [5, 5.41) is 8.94. The summed E-state index contributed by atoms with van der Waals surface area (Å²) in [5.74, 6) is 0.279. The summed E-state index contributed by atoms with van der Waals surface area (Å²) in [6.07, 6.45) is 0.0691. The molecule has 34 heavy (non-hydrogen) atoms. The summed E-state index contributed by atoms with van der Waals surface area (Å²) in [5.41, 5.74) is -0.308. The van der Waals surface area contributed by atoms with E-state index in [1.165, 1.54) is 12.1 Å². The number of hydrogen-bond acceptors (Lipinski definition) is 8. The molecule has 1 saturated heterocycles. The minimum atomic E-state index is -4.04. The summed E-state index contributed by atoms with van der Waals surface area (Å²) < 4.78 is 47.5. The summed E-state index contributed by atoms with van der Waals surface area (Å²) in [6, 6.07) is 14.8. The van der Waals surface area contributed by atoms with Gasteiger partial charge in [-0.1, -0.05) is 6.07 Å². The molecule has 0 N–H and O–H groups in total. The fraction of sp³-hybridized carbons (Fsp3) is 0.440. The molecule has 182 valence electrons. The van der Waals surface area contributed by atoms with Crippen molar-refractivity contribution in [3.05, 3.63) is 54.1 Å². The van der Waals surface area contributed by atoms with Gasteiger partial charge in [0.1, 0.15) is 30.3 Å². The maximum Gasteiger partial charge on any atom is 0.328 e. The lowest BCUT2D eigenvalue weighted by molar-refractivity contribution is -0.160. The van der Waals surface area contributed by atoms with Crippen molar-refractivity contribution < 1.29 is 32.2 Å². The van der Waals surface area contributed by atoms with Crippen LogP contribution in [0, 0.1) is 11.3 Å². The quantitative estimate of drug-likeness (QED) is 0.409. The molecule has 0 aromatic heterocycles. The molecular formula is C25H29NO7S. The normalized spacial score (nSPS) is 15.7. The van der Waals surface area contributed by atoms with Gasteiger partial charge in [0, 0.05) is 26.1 Å². The van der Waals surface area contributed by atoms with E-state index in [1.54, 1.807) is 57.2 Å². The van der Waals surface area contributed by atoms with E-state index in [0.717, 1.165) is 0 Å². The second-order valence-corrected chi connectivity index (χ2v) is 11.2. The Kier molecular flexibility index (Phi) is 7.85. The summed E-state index contributed by atoms with van der Waals surface area (Å²) in [6.45, 7) is 5.93. The highest BCUT2D eigenvalue weighted by molar-refractivity contribution is 7.93. The molecule has 1 heterocycles. The van der Waals surface area contributed by atoms with Gasteiger partial charge < -0.3 is 18.9 Å². The van der Waals surface area contributed by atoms with Crippen LogP contribution in [0.2, 0.25) is 0 Å². The molecule has 3 rings (SSSR count). The largest absolute Gasteiger partial charge is 0.490 e. The number of rotatable bonds is 8. The van der Waals surface area contributed by atoms with E-state index in [2.05, 4.69) is 0 Å². The Labute approximate surface area is 200 Å². The van der Waals surface area contributed by atoms with Gasteiger partial charge in [-0.05, 0) is 63.2 Å². The van der Waals surface area contributed by atoms with Crippen molar-refractivity contribution in [3.63, 3.8) is 0 Å². The van der Waals surface area contributed by atoms with Crippen LogP contribution in [0.5, 0.6) is 11.5 Å². The highest BCUT2D eigenvalue weighted by Gasteiger charge is 2.54. The molecule has 2 aromatic carbocycles. The maximum atomic E-state index is 13.6. The van der Waals surface area contributed by atoms with Crippen LogP contribution >= 0.6 is 0 Å². The Bertz CT molecular complexity index is 1140. The number of benzene rings is 2. The molecule has 0 aliphatic carbocycles. The van der Waals surface area contributed by atoms with Gasteiger partial charge >= 0.3 is 5.97 Å². The highest BCUT2D eigenvalue weighted by atomic mass is 32.2. The van der Waals surface area contributed by atoms with Gasteiger partial charge in [0.25, 0.3) is 0 Å². The zero-order valence-electron chi connectivity index (χ0n) is 19.6. The van der Waals surface area contributed by atoms with E-state index in [9.17, 15) is 13.2 Å². The molecule has 0 amide bonds. The van der Waals surface area contributed by atoms with Crippen molar-refractivity contribution in [2.75, 3.05) is 26.4 Å². The predicted octanol–water partition coefficient (Wildman–Crippen LogP) is 3.68. The summed E-state index contributed by atoms with van der Waals surface area (Å²) in [4.78, 5) is 13.1. The third kappa shape index (κ3) is 5.88. The standard InChI is InChI=1S/C25H29NO7S/c1-24(2,3)33-23(27)25(11-13-30-14-12-25)34(28,29)22-9-7-20(8-10-22)31-15-16-32-21-6-4-5-19(17-21)18-26/h4-10,17H,11-16H2,1-3H3. The van der Waals surface area contributed by atoms with Crippen molar-refractivity contribution >= 4 is 15.8 Å². The second-order valence-electron chi connectivity index (χ2n) is 8.92. The molecule has 1 aliphatic rings. The number of carbonyl (C=O) groups excluding carboxylic acids is 1. The summed E-state index contributed by atoms with van der Waals surface area (Å²) >= 11 is 0. The topological polar surface area (TPSA) is 112 Å². The lowest BCUT2D eigenvalue weighted by atomic mass is 9.99. The number of esters is 1. The van der Waals surface area contributed by atoms with E-state index in [0.29, 0.717) is 17.1 Å². The van der Waals surface area contributed by atoms with E-state index >= 15 is 0 Å². The molecule has 0 unspecified atom stereocenters. The molecule has 2 aromatic rings. The Morgan fingerprint density at radius 3 is 2.24 bits per heavy atom. The van der Waals surface area contributed by atoms with Crippen LogP contribution in [-0.4, -0.2) is 51.2 Å². The average molecular weight is 488 g/mol. The molecule has 0 radical (unpaired) electrons. The van der Waals surface area contributed by atoms with Crippen LogP contribution in [0.4, 0.5) is 0 Å². The molecule has 0 bridgehead atoms. The number of nitrogens with zero attached hydrogens (tertiary/aromatic N) is 1.